The molecule has 1 aromatic heterocycles. The minimum Gasteiger partial charge on any atom is -0.470 e. The summed E-state index contributed by atoms with van der Waals surface area (Å²) in [7, 11) is 1.37. The van der Waals surface area contributed by atoms with E-state index in [0.717, 1.165) is 35.5 Å². The first-order valence-electron chi connectivity index (χ1n) is 9.14. The number of carbonyl (C=O) groups is 1. The van der Waals surface area contributed by atoms with Crippen molar-refractivity contribution in [1.29, 1.82) is 0 Å². The molecule has 2 heterocycles. The van der Waals surface area contributed by atoms with Gasteiger partial charge in [-0.1, -0.05) is 24.3 Å². The lowest BCUT2D eigenvalue weighted by atomic mass is 10.1. The van der Waals surface area contributed by atoms with E-state index in [2.05, 4.69) is 9.88 Å². The second kappa shape index (κ2) is 8.22. The highest BCUT2D eigenvalue weighted by molar-refractivity contribution is 5.89. The number of nitrogens with zero attached hydrogens (tertiary/aromatic N) is 3. The Bertz CT molecular complexity index is 969. The molecular formula is C21H21N3O4. The molecule has 0 N–H and O–H groups in total. The van der Waals surface area contributed by atoms with E-state index in [1.54, 1.807) is 12.1 Å². The zero-order valence-electron chi connectivity index (χ0n) is 15.6. The number of morpholine rings is 1. The number of para-hydroxylation sites is 2. The number of hydrogen-bond acceptors (Lipinski definition) is 7. The molecule has 144 valence electrons. The molecule has 1 aliphatic rings. The van der Waals surface area contributed by atoms with Gasteiger partial charge in [-0.15, -0.1) is 0 Å². The zero-order valence-corrected chi connectivity index (χ0v) is 15.6. The van der Waals surface area contributed by atoms with Gasteiger partial charge in [-0.25, -0.2) is 14.8 Å². The Morgan fingerprint density at radius 1 is 1.04 bits per heavy atom. The first-order chi connectivity index (χ1) is 13.7. The number of anilines is 1. The Balaban J connectivity index is 1.58. The zero-order chi connectivity index (χ0) is 19.3. The molecule has 0 spiro atoms. The third-order valence-electron chi connectivity index (χ3n) is 4.58. The summed E-state index contributed by atoms with van der Waals surface area (Å²) in [5.74, 6) is 0.869. The first kappa shape index (κ1) is 18.2. The van der Waals surface area contributed by atoms with Gasteiger partial charge in [0.2, 0.25) is 0 Å². The van der Waals surface area contributed by atoms with E-state index < -0.39 is 0 Å². The van der Waals surface area contributed by atoms with E-state index in [9.17, 15) is 4.79 Å². The fraction of sp³-hybridized carbons (Fsp3) is 0.286. The van der Waals surface area contributed by atoms with Gasteiger partial charge in [0.05, 0.1) is 36.9 Å². The van der Waals surface area contributed by atoms with Crippen molar-refractivity contribution in [1.82, 2.24) is 9.97 Å². The van der Waals surface area contributed by atoms with Gasteiger partial charge in [0.25, 0.3) is 5.88 Å². The summed E-state index contributed by atoms with van der Waals surface area (Å²) in [4.78, 5) is 23.2. The third-order valence-corrected chi connectivity index (χ3v) is 4.58. The summed E-state index contributed by atoms with van der Waals surface area (Å²) in [5, 5.41) is 0. The molecule has 3 aromatic rings. The van der Waals surface area contributed by atoms with E-state index in [4.69, 9.17) is 19.2 Å². The number of fused-ring (bicyclic) bond motifs is 1. The van der Waals surface area contributed by atoms with Gasteiger partial charge in [0.15, 0.2) is 5.82 Å². The quantitative estimate of drug-likeness (QED) is 0.631. The highest BCUT2D eigenvalue weighted by Gasteiger charge is 2.20. The van der Waals surface area contributed by atoms with Crippen LogP contribution < -0.4 is 9.64 Å². The van der Waals surface area contributed by atoms with Crippen LogP contribution >= 0.6 is 0 Å². The van der Waals surface area contributed by atoms with E-state index >= 15 is 0 Å². The van der Waals surface area contributed by atoms with Gasteiger partial charge in [0.1, 0.15) is 6.61 Å². The number of hydrogen-bond donors (Lipinski definition) is 0. The number of carbonyl (C=O) groups excluding carboxylic acids is 1. The summed E-state index contributed by atoms with van der Waals surface area (Å²) < 4.78 is 16.2. The molecule has 1 aliphatic heterocycles. The van der Waals surface area contributed by atoms with Gasteiger partial charge < -0.3 is 19.1 Å². The normalized spacial score (nSPS) is 14.1. The first-order valence-corrected chi connectivity index (χ1v) is 9.14. The SMILES string of the molecule is COC(=O)c1ccc(COc2nc3ccccc3nc2N2CCOCC2)cc1. The largest absolute Gasteiger partial charge is 0.470 e. The molecule has 0 radical (unpaired) electrons. The fourth-order valence-electron chi connectivity index (χ4n) is 3.06. The molecule has 0 unspecified atom stereocenters. The summed E-state index contributed by atoms with van der Waals surface area (Å²) in [6.07, 6.45) is 0. The molecule has 0 bridgehead atoms. The van der Waals surface area contributed by atoms with Gasteiger partial charge in [-0.3, -0.25) is 0 Å². The summed E-state index contributed by atoms with van der Waals surface area (Å²) in [5.41, 5.74) is 3.05. The minimum absolute atomic E-state index is 0.325. The molecule has 28 heavy (non-hydrogen) atoms. The molecule has 0 aliphatic carbocycles. The number of aromatic nitrogens is 2. The van der Waals surface area contributed by atoms with Crippen LogP contribution in [0.2, 0.25) is 0 Å². The lowest BCUT2D eigenvalue weighted by Crippen LogP contribution is -2.37. The highest BCUT2D eigenvalue weighted by Crippen LogP contribution is 2.28. The molecular weight excluding hydrogens is 358 g/mol. The van der Waals surface area contributed by atoms with Crippen LogP contribution in [0.5, 0.6) is 5.88 Å². The van der Waals surface area contributed by atoms with Crippen LogP contribution in [0.4, 0.5) is 5.82 Å². The van der Waals surface area contributed by atoms with E-state index in [1.807, 2.05) is 36.4 Å². The van der Waals surface area contributed by atoms with Gasteiger partial charge in [-0.2, -0.15) is 0 Å². The van der Waals surface area contributed by atoms with Crippen LogP contribution in [0.1, 0.15) is 15.9 Å². The maximum atomic E-state index is 11.6. The highest BCUT2D eigenvalue weighted by atomic mass is 16.5. The second-order valence-corrected chi connectivity index (χ2v) is 6.42. The standard InChI is InChI=1S/C21H21N3O4/c1-26-21(25)16-8-6-15(7-9-16)14-28-20-19(24-10-12-27-13-11-24)22-17-4-2-3-5-18(17)23-20/h2-9H,10-14H2,1H3. The third kappa shape index (κ3) is 3.89. The number of ether oxygens (including phenoxy) is 3. The molecule has 0 saturated carbocycles. The number of rotatable bonds is 5. The van der Waals surface area contributed by atoms with Crippen molar-refractivity contribution < 1.29 is 19.0 Å². The topological polar surface area (TPSA) is 73.8 Å². The molecule has 0 amide bonds. The van der Waals surface area contributed by atoms with Crippen molar-refractivity contribution in [2.45, 2.75) is 6.61 Å². The van der Waals surface area contributed by atoms with Crippen LogP contribution in [0.15, 0.2) is 48.5 Å². The fourth-order valence-corrected chi connectivity index (χ4v) is 3.06. The predicted molar refractivity (Wildman–Crippen MR) is 105 cm³/mol. The summed E-state index contributed by atoms with van der Waals surface area (Å²) in [6, 6.07) is 14.9. The smallest absolute Gasteiger partial charge is 0.337 e. The predicted octanol–water partition coefficient (Wildman–Crippen LogP) is 2.83. The lowest BCUT2D eigenvalue weighted by molar-refractivity contribution is 0.0600. The van der Waals surface area contributed by atoms with Crippen molar-refractivity contribution >= 4 is 22.8 Å². The van der Waals surface area contributed by atoms with Crippen LogP contribution in [-0.4, -0.2) is 49.4 Å². The van der Waals surface area contributed by atoms with Crippen molar-refractivity contribution in [2.75, 3.05) is 38.3 Å². The lowest BCUT2D eigenvalue weighted by Gasteiger charge is -2.28. The number of esters is 1. The van der Waals surface area contributed by atoms with Gasteiger partial charge >= 0.3 is 5.97 Å². The molecule has 7 nitrogen and oxygen atoms in total. The van der Waals surface area contributed by atoms with Crippen LogP contribution in [-0.2, 0) is 16.1 Å². The number of benzene rings is 2. The minimum atomic E-state index is -0.359. The molecule has 4 rings (SSSR count). The van der Waals surface area contributed by atoms with Crippen molar-refractivity contribution in [3.8, 4) is 5.88 Å². The van der Waals surface area contributed by atoms with Crippen molar-refractivity contribution in [3.63, 3.8) is 0 Å². The van der Waals surface area contributed by atoms with Gasteiger partial charge in [0, 0.05) is 13.1 Å². The number of methoxy groups -OCH3 is 1. The average molecular weight is 379 g/mol. The Labute approximate surface area is 162 Å². The molecule has 0 atom stereocenters. The second-order valence-electron chi connectivity index (χ2n) is 6.42. The van der Waals surface area contributed by atoms with Crippen LogP contribution in [0, 0.1) is 0 Å². The Morgan fingerprint density at radius 2 is 1.71 bits per heavy atom. The Hall–Kier alpha value is -3.19. The Morgan fingerprint density at radius 3 is 2.39 bits per heavy atom. The summed E-state index contributed by atoms with van der Waals surface area (Å²) >= 11 is 0. The molecule has 7 heteroatoms. The summed E-state index contributed by atoms with van der Waals surface area (Å²) in [6.45, 7) is 3.13. The monoisotopic (exact) mass is 379 g/mol. The maximum Gasteiger partial charge on any atom is 0.337 e. The average Bonchev–Trinajstić information content (AvgIpc) is 2.77. The van der Waals surface area contributed by atoms with Crippen LogP contribution in [0.25, 0.3) is 11.0 Å². The molecule has 1 saturated heterocycles. The maximum absolute atomic E-state index is 11.6. The van der Waals surface area contributed by atoms with E-state index in [1.165, 1.54) is 7.11 Å². The van der Waals surface area contributed by atoms with E-state index in [0.29, 0.717) is 31.3 Å². The van der Waals surface area contributed by atoms with E-state index in [-0.39, 0.29) is 5.97 Å². The molecule has 2 aromatic carbocycles. The van der Waals surface area contributed by atoms with Gasteiger partial charge in [-0.05, 0) is 29.8 Å². The Kier molecular flexibility index (Phi) is 5.34. The van der Waals surface area contributed by atoms with Crippen molar-refractivity contribution in [3.05, 3.63) is 59.7 Å². The van der Waals surface area contributed by atoms with Crippen molar-refractivity contribution in [2.24, 2.45) is 0 Å². The molecule has 1 fully saturated rings. The van der Waals surface area contributed by atoms with Crippen LogP contribution in [0.3, 0.4) is 0 Å².